The van der Waals surface area contributed by atoms with Crippen LogP contribution in [0, 0.1) is 11.3 Å². The van der Waals surface area contributed by atoms with Crippen molar-refractivity contribution in [3.8, 4) is 0 Å². The van der Waals surface area contributed by atoms with Crippen LogP contribution >= 0.6 is 0 Å². The smallest absolute Gasteiger partial charge is 0.124 e. The summed E-state index contributed by atoms with van der Waals surface area (Å²) in [7, 11) is 0. The number of hydrogen-bond acceptors (Lipinski definition) is 2. The maximum Gasteiger partial charge on any atom is 0.124 e. The molecule has 0 aliphatic carbocycles. The first-order chi connectivity index (χ1) is 4.64. The minimum absolute atomic E-state index is 0.240. The molecule has 0 bridgehead atoms. The van der Waals surface area contributed by atoms with E-state index in [1.165, 1.54) is 0 Å². The second-order valence-electron chi connectivity index (χ2n) is 3.90. The first kappa shape index (κ1) is 7.73. The van der Waals surface area contributed by atoms with E-state index >= 15 is 0 Å². The molecule has 10 heavy (non-hydrogen) atoms. The summed E-state index contributed by atoms with van der Waals surface area (Å²) in [4.78, 5) is 10.4. The fourth-order valence-electron chi connectivity index (χ4n) is 1.55. The van der Waals surface area contributed by atoms with Crippen molar-refractivity contribution in [1.29, 1.82) is 0 Å². The Morgan fingerprint density at radius 3 is 2.70 bits per heavy atom. The van der Waals surface area contributed by atoms with Crippen molar-refractivity contribution in [3.63, 3.8) is 0 Å². The van der Waals surface area contributed by atoms with Crippen LogP contribution in [0.3, 0.4) is 0 Å². The zero-order valence-electron chi connectivity index (χ0n) is 6.68. The van der Waals surface area contributed by atoms with Gasteiger partial charge in [-0.3, -0.25) is 0 Å². The number of rotatable bonds is 1. The van der Waals surface area contributed by atoms with Crippen molar-refractivity contribution in [3.05, 3.63) is 0 Å². The van der Waals surface area contributed by atoms with Crippen LogP contribution in [0.5, 0.6) is 0 Å². The summed E-state index contributed by atoms with van der Waals surface area (Å²) in [6.07, 6.45) is 2.09. The van der Waals surface area contributed by atoms with E-state index in [0.717, 1.165) is 25.8 Å². The maximum absolute atomic E-state index is 10.4. The lowest BCUT2D eigenvalue weighted by Gasteiger charge is -2.33. The maximum atomic E-state index is 10.4. The van der Waals surface area contributed by atoms with E-state index < -0.39 is 0 Å². The third kappa shape index (κ3) is 1.81. The summed E-state index contributed by atoms with van der Waals surface area (Å²) in [5.74, 6) is 0.240. The van der Waals surface area contributed by atoms with Gasteiger partial charge in [0.25, 0.3) is 0 Å². The lowest BCUT2D eigenvalue weighted by atomic mass is 9.80. The van der Waals surface area contributed by atoms with Gasteiger partial charge in [0.2, 0.25) is 0 Å². The summed E-state index contributed by atoms with van der Waals surface area (Å²) >= 11 is 0. The molecule has 1 heterocycles. The highest BCUT2D eigenvalue weighted by atomic mass is 16.1. The Kier molecular flexibility index (Phi) is 2.09. The van der Waals surface area contributed by atoms with Crippen LogP contribution in [0.15, 0.2) is 0 Å². The molecular weight excluding hydrogens is 126 g/mol. The van der Waals surface area contributed by atoms with E-state index in [4.69, 9.17) is 0 Å². The third-order valence-corrected chi connectivity index (χ3v) is 2.02. The molecule has 1 rings (SSSR count). The van der Waals surface area contributed by atoms with Crippen molar-refractivity contribution >= 4 is 6.29 Å². The third-order valence-electron chi connectivity index (χ3n) is 2.02. The predicted molar refractivity (Wildman–Crippen MR) is 40.8 cm³/mol. The molecule has 1 aliphatic heterocycles. The molecule has 0 aromatic heterocycles. The minimum atomic E-state index is 0.240. The lowest BCUT2D eigenvalue weighted by molar-refractivity contribution is -0.112. The Hall–Kier alpha value is -0.370. The highest BCUT2D eigenvalue weighted by Crippen LogP contribution is 2.26. The molecule has 0 aromatic carbocycles. The molecule has 1 atom stereocenters. The van der Waals surface area contributed by atoms with Crippen LogP contribution in [0.1, 0.15) is 20.3 Å². The summed E-state index contributed by atoms with van der Waals surface area (Å²) in [5.41, 5.74) is 0.309. The molecule has 0 saturated carbocycles. The Balaban J connectivity index is 2.47. The van der Waals surface area contributed by atoms with Gasteiger partial charge in [-0.2, -0.15) is 0 Å². The SMILES string of the molecule is CC1(C)CNCC(C=O)C1. The van der Waals surface area contributed by atoms with Gasteiger partial charge in [-0.1, -0.05) is 13.8 Å². The average molecular weight is 141 g/mol. The summed E-state index contributed by atoms with van der Waals surface area (Å²) in [6.45, 7) is 6.29. The fraction of sp³-hybridized carbons (Fsp3) is 0.875. The van der Waals surface area contributed by atoms with Gasteiger partial charge >= 0.3 is 0 Å². The van der Waals surface area contributed by atoms with Crippen LogP contribution in [0.4, 0.5) is 0 Å². The van der Waals surface area contributed by atoms with Gasteiger partial charge in [-0.05, 0) is 11.8 Å². The zero-order valence-corrected chi connectivity index (χ0v) is 6.68. The van der Waals surface area contributed by atoms with Gasteiger partial charge < -0.3 is 10.1 Å². The van der Waals surface area contributed by atoms with Crippen LogP contribution in [0.2, 0.25) is 0 Å². The molecule has 58 valence electrons. The van der Waals surface area contributed by atoms with E-state index in [9.17, 15) is 4.79 Å². The molecule has 0 radical (unpaired) electrons. The van der Waals surface area contributed by atoms with E-state index in [1.54, 1.807) is 0 Å². The van der Waals surface area contributed by atoms with E-state index in [0.29, 0.717) is 5.41 Å². The minimum Gasteiger partial charge on any atom is -0.315 e. The summed E-state index contributed by atoms with van der Waals surface area (Å²) in [5, 5.41) is 3.24. The molecule has 0 amide bonds. The van der Waals surface area contributed by atoms with Crippen molar-refractivity contribution < 1.29 is 4.79 Å². The lowest BCUT2D eigenvalue weighted by Crippen LogP contribution is -2.41. The number of nitrogens with one attached hydrogen (secondary N) is 1. The molecular formula is C8H15NO. The van der Waals surface area contributed by atoms with Gasteiger partial charge in [0.15, 0.2) is 0 Å². The van der Waals surface area contributed by atoms with Crippen LogP contribution in [-0.4, -0.2) is 19.4 Å². The highest BCUT2D eigenvalue weighted by molar-refractivity contribution is 5.54. The van der Waals surface area contributed by atoms with Gasteiger partial charge in [0, 0.05) is 19.0 Å². The number of piperidine rings is 1. The fourth-order valence-corrected chi connectivity index (χ4v) is 1.55. The average Bonchev–Trinajstić information content (AvgIpc) is 1.86. The summed E-state index contributed by atoms with van der Waals surface area (Å²) < 4.78 is 0. The Labute approximate surface area is 62.0 Å². The molecule has 2 nitrogen and oxygen atoms in total. The van der Waals surface area contributed by atoms with Gasteiger partial charge in [-0.15, -0.1) is 0 Å². The molecule has 0 spiro atoms. The standard InChI is InChI=1S/C8H15NO/c1-8(2)3-7(5-10)4-9-6-8/h5,7,9H,3-4,6H2,1-2H3. The molecule has 1 N–H and O–H groups in total. The predicted octanol–water partition coefficient (Wildman–Crippen LogP) is 0.821. The Bertz CT molecular complexity index is 131. The van der Waals surface area contributed by atoms with Crippen molar-refractivity contribution in [2.45, 2.75) is 20.3 Å². The quantitative estimate of drug-likeness (QED) is 0.548. The molecule has 1 saturated heterocycles. The number of aldehydes is 1. The molecule has 1 aliphatic rings. The monoisotopic (exact) mass is 141 g/mol. The second kappa shape index (κ2) is 2.70. The van der Waals surface area contributed by atoms with Crippen molar-refractivity contribution in [1.82, 2.24) is 5.32 Å². The largest absolute Gasteiger partial charge is 0.315 e. The molecule has 1 unspecified atom stereocenters. The van der Waals surface area contributed by atoms with Crippen molar-refractivity contribution in [2.75, 3.05) is 13.1 Å². The topological polar surface area (TPSA) is 29.1 Å². The molecule has 0 aromatic rings. The van der Waals surface area contributed by atoms with Crippen LogP contribution < -0.4 is 5.32 Å². The van der Waals surface area contributed by atoms with Gasteiger partial charge in [-0.25, -0.2) is 0 Å². The Morgan fingerprint density at radius 2 is 2.30 bits per heavy atom. The van der Waals surface area contributed by atoms with Crippen molar-refractivity contribution in [2.24, 2.45) is 11.3 Å². The number of carbonyl (C=O) groups is 1. The number of hydrogen-bond donors (Lipinski definition) is 1. The van der Waals surface area contributed by atoms with Gasteiger partial charge in [0.1, 0.15) is 6.29 Å². The number of carbonyl (C=O) groups excluding carboxylic acids is 1. The van der Waals surface area contributed by atoms with E-state index in [1.807, 2.05) is 0 Å². The van der Waals surface area contributed by atoms with Crippen LogP contribution in [-0.2, 0) is 4.79 Å². The van der Waals surface area contributed by atoms with E-state index in [2.05, 4.69) is 19.2 Å². The first-order valence-electron chi connectivity index (χ1n) is 3.80. The van der Waals surface area contributed by atoms with Crippen LogP contribution in [0.25, 0.3) is 0 Å². The molecule has 2 heteroatoms. The summed E-state index contributed by atoms with van der Waals surface area (Å²) in [6, 6.07) is 0. The zero-order chi connectivity index (χ0) is 7.61. The second-order valence-corrected chi connectivity index (χ2v) is 3.90. The molecule has 1 fully saturated rings. The van der Waals surface area contributed by atoms with Gasteiger partial charge in [0.05, 0.1) is 0 Å². The Morgan fingerprint density at radius 1 is 1.60 bits per heavy atom. The van der Waals surface area contributed by atoms with E-state index in [-0.39, 0.29) is 5.92 Å². The first-order valence-corrected chi connectivity index (χ1v) is 3.80. The normalized spacial score (nSPS) is 31.6. The highest BCUT2D eigenvalue weighted by Gasteiger charge is 2.26.